The Labute approximate surface area is 82.2 Å². The van der Waals surface area contributed by atoms with E-state index in [0.717, 1.165) is 0 Å². The molecule has 0 aromatic carbocycles. The molecule has 0 radical (unpaired) electrons. The van der Waals surface area contributed by atoms with E-state index >= 15 is 0 Å². The number of nitrogens with two attached hydrogens (primary N) is 1. The zero-order valence-corrected chi connectivity index (χ0v) is 8.27. The van der Waals surface area contributed by atoms with Gasteiger partial charge in [0.05, 0.1) is 12.5 Å². The summed E-state index contributed by atoms with van der Waals surface area (Å²) in [5.74, 6) is -1.98. The summed E-state index contributed by atoms with van der Waals surface area (Å²) in [5, 5.41) is 8.66. The first-order chi connectivity index (χ1) is 6.50. The summed E-state index contributed by atoms with van der Waals surface area (Å²) in [6, 6.07) is -0.959. The van der Waals surface area contributed by atoms with Gasteiger partial charge in [0, 0.05) is 5.92 Å². The molecule has 0 amide bonds. The highest BCUT2D eigenvalue weighted by molar-refractivity contribution is 5.81. The maximum atomic E-state index is 11.3. The van der Waals surface area contributed by atoms with Crippen LogP contribution in [0.2, 0.25) is 0 Å². The lowest BCUT2D eigenvalue weighted by molar-refractivity contribution is -0.145. The predicted octanol–water partition coefficient (Wildman–Crippen LogP) is -0.156. The van der Waals surface area contributed by atoms with Gasteiger partial charge in [-0.25, -0.2) is 0 Å². The molecule has 0 saturated heterocycles. The molecule has 0 heterocycles. The minimum absolute atomic E-state index is 0.0140. The summed E-state index contributed by atoms with van der Waals surface area (Å²) < 4.78 is 4.81. The fourth-order valence-corrected chi connectivity index (χ4v) is 1.82. The van der Waals surface area contributed by atoms with Crippen LogP contribution in [0.4, 0.5) is 0 Å². The number of carboxylic acid groups (broad SMARTS) is 1. The molecule has 1 rings (SSSR count). The molecule has 14 heavy (non-hydrogen) atoms. The summed E-state index contributed by atoms with van der Waals surface area (Å²) in [4.78, 5) is 21.9. The fraction of sp³-hybridized carbons (Fsp3) is 0.778. The van der Waals surface area contributed by atoms with Crippen LogP contribution in [0.5, 0.6) is 0 Å². The van der Waals surface area contributed by atoms with Crippen molar-refractivity contribution in [3.63, 3.8) is 0 Å². The van der Waals surface area contributed by atoms with Gasteiger partial charge >= 0.3 is 11.9 Å². The van der Waals surface area contributed by atoms with E-state index in [1.165, 1.54) is 0 Å². The van der Waals surface area contributed by atoms with Crippen molar-refractivity contribution >= 4 is 11.9 Å². The van der Waals surface area contributed by atoms with Crippen LogP contribution in [0, 0.1) is 17.8 Å². The third-order valence-corrected chi connectivity index (χ3v) is 2.71. The van der Waals surface area contributed by atoms with Crippen LogP contribution in [-0.4, -0.2) is 29.7 Å². The largest absolute Gasteiger partial charge is 0.480 e. The molecule has 0 unspecified atom stereocenters. The number of ether oxygens (including phenoxy) is 1. The first-order valence-electron chi connectivity index (χ1n) is 4.65. The topological polar surface area (TPSA) is 89.6 Å². The molecule has 1 fully saturated rings. The van der Waals surface area contributed by atoms with Crippen molar-refractivity contribution in [1.82, 2.24) is 0 Å². The van der Waals surface area contributed by atoms with E-state index in [0.29, 0.717) is 6.61 Å². The Morgan fingerprint density at radius 2 is 2.14 bits per heavy atom. The van der Waals surface area contributed by atoms with E-state index in [9.17, 15) is 9.59 Å². The first-order valence-corrected chi connectivity index (χ1v) is 4.65. The highest BCUT2D eigenvalue weighted by Crippen LogP contribution is 2.48. The number of aliphatic carboxylic acids is 1. The van der Waals surface area contributed by atoms with Crippen LogP contribution in [0.15, 0.2) is 0 Å². The van der Waals surface area contributed by atoms with Crippen molar-refractivity contribution < 1.29 is 19.4 Å². The molecule has 0 aliphatic heterocycles. The molecule has 80 valence electrons. The van der Waals surface area contributed by atoms with Gasteiger partial charge in [0.1, 0.15) is 6.04 Å². The molecular formula is C9H15NO4. The van der Waals surface area contributed by atoms with E-state index in [2.05, 4.69) is 0 Å². The van der Waals surface area contributed by atoms with Gasteiger partial charge in [0.2, 0.25) is 0 Å². The average Bonchev–Trinajstić information content (AvgIpc) is 2.76. The molecule has 5 heteroatoms. The smallest absolute Gasteiger partial charge is 0.320 e. The summed E-state index contributed by atoms with van der Waals surface area (Å²) in [7, 11) is 0. The van der Waals surface area contributed by atoms with E-state index in [1.807, 2.05) is 6.92 Å². The van der Waals surface area contributed by atoms with E-state index < -0.39 is 12.0 Å². The molecule has 1 saturated carbocycles. The van der Waals surface area contributed by atoms with Crippen LogP contribution in [0.3, 0.4) is 0 Å². The van der Waals surface area contributed by atoms with Gasteiger partial charge in [-0.15, -0.1) is 0 Å². The monoisotopic (exact) mass is 201 g/mol. The Balaban J connectivity index is 2.53. The number of carbonyl (C=O) groups is 2. The van der Waals surface area contributed by atoms with E-state index in [-0.39, 0.29) is 23.7 Å². The second kappa shape index (κ2) is 3.96. The number of carbonyl (C=O) groups excluding carboxylic acids is 1. The highest BCUT2D eigenvalue weighted by atomic mass is 16.5. The molecule has 0 spiro atoms. The van der Waals surface area contributed by atoms with Crippen LogP contribution >= 0.6 is 0 Å². The lowest BCUT2D eigenvalue weighted by Crippen LogP contribution is -2.34. The van der Waals surface area contributed by atoms with Gasteiger partial charge in [-0.2, -0.15) is 0 Å². The predicted molar refractivity (Wildman–Crippen MR) is 48.4 cm³/mol. The number of carboxylic acids is 1. The minimum atomic E-state index is -1.06. The Kier molecular flexibility index (Phi) is 3.10. The average molecular weight is 201 g/mol. The molecule has 1 aliphatic carbocycles. The Morgan fingerprint density at radius 1 is 1.57 bits per heavy atom. The zero-order valence-electron chi connectivity index (χ0n) is 8.27. The lowest BCUT2D eigenvalue weighted by Gasteiger charge is -2.04. The van der Waals surface area contributed by atoms with Crippen molar-refractivity contribution in [2.75, 3.05) is 6.61 Å². The first kappa shape index (κ1) is 11.0. The summed E-state index contributed by atoms with van der Waals surface area (Å²) in [6.07, 6.45) is 0. The van der Waals surface area contributed by atoms with Gasteiger partial charge in [0.15, 0.2) is 0 Å². The quantitative estimate of drug-likeness (QED) is 0.617. The van der Waals surface area contributed by atoms with Gasteiger partial charge < -0.3 is 15.6 Å². The number of rotatable bonds is 4. The van der Waals surface area contributed by atoms with Crippen LogP contribution in [-0.2, 0) is 14.3 Å². The second-order valence-corrected chi connectivity index (χ2v) is 3.58. The second-order valence-electron chi connectivity index (χ2n) is 3.58. The summed E-state index contributed by atoms with van der Waals surface area (Å²) >= 11 is 0. The van der Waals surface area contributed by atoms with E-state index in [1.54, 1.807) is 6.92 Å². The molecule has 0 aromatic rings. The zero-order chi connectivity index (χ0) is 10.9. The number of hydrogen-bond donors (Lipinski definition) is 2. The third kappa shape index (κ3) is 1.87. The maximum Gasteiger partial charge on any atom is 0.320 e. The van der Waals surface area contributed by atoms with Crippen molar-refractivity contribution in [3.8, 4) is 0 Å². The molecule has 5 nitrogen and oxygen atoms in total. The number of esters is 1. The number of hydrogen-bond acceptors (Lipinski definition) is 4. The van der Waals surface area contributed by atoms with Crippen LogP contribution < -0.4 is 5.73 Å². The molecule has 0 bridgehead atoms. The standard InChI is InChI=1S/C9H15NO4/c1-3-14-9(13)6-4(2)5(6)7(10)8(11)12/h4-7H,3,10H2,1-2H3,(H,11,12)/t4-,5-,6-,7-/m0/s1. The molecular weight excluding hydrogens is 186 g/mol. The lowest BCUT2D eigenvalue weighted by atomic mass is 10.1. The normalized spacial score (nSPS) is 32.1. The molecule has 0 aromatic heterocycles. The van der Waals surface area contributed by atoms with Crippen molar-refractivity contribution in [3.05, 3.63) is 0 Å². The Morgan fingerprint density at radius 3 is 2.57 bits per heavy atom. The SMILES string of the molecule is CCOC(=O)[C@H]1[C@@H](C)[C@@H]1[C@H](N)C(=O)O. The summed E-state index contributed by atoms with van der Waals surface area (Å²) in [5.41, 5.74) is 5.43. The fourth-order valence-electron chi connectivity index (χ4n) is 1.82. The maximum absolute atomic E-state index is 11.3. The van der Waals surface area contributed by atoms with E-state index in [4.69, 9.17) is 15.6 Å². The van der Waals surface area contributed by atoms with Gasteiger partial charge in [-0.3, -0.25) is 9.59 Å². The van der Waals surface area contributed by atoms with Gasteiger partial charge in [-0.1, -0.05) is 6.92 Å². The minimum Gasteiger partial charge on any atom is -0.480 e. The van der Waals surface area contributed by atoms with Crippen molar-refractivity contribution in [1.29, 1.82) is 0 Å². The molecule has 1 aliphatic rings. The van der Waals surface area contributed by atoms with Crippen LogP contribution in [0.1, 0.15) is 13.8 Å². The van der Waals surface area contributed by atoms with Gasteiger partial charge in [-0.05, 0) is 12.8 Å². The van der Waals surface area contributed by atoms with Gasteiger partial charge in [0.25, 0.3) is 0 Å². The highest BCUT2D eigenvalue weighted by Gasteiger charge is 2.57. The Bertz CT molecular complexity index is 253. The van der Waals surface area contributed by atoms with Crippen molar-refractivity contribution in [2.24, 2.45) is 23.5 Å². The van der Waals surface area contributed by atoms with Crippen molar-refractivity contribution in [2.45, 2.75) is 19.9 Å². The molecule has 3 N–H and O–H groups in total. The third-order valence-electron chi connectivity index (χ3n) is 2.71. The molecule has 4 atom stereocenters. The Hall–Kier alpha value is -1.10. The summed E-state index contributed by atoms with van der Waals surface area (Å²) in [6.45, 7) is 3.85. The van der Waals surface area contributed by atoms with Crippen LogP contribution in [0.25, 0.3) is 0 Å².